The maximum Gasteiger partial charge on any atom is 0.0799 e. The summed E-state index contributed by atoms with van der Waals surface area (Å²) in [6, 6.07) is 41.5. The molecule has 0 saturated heterocycles. The van der Waals surface area contributed by atoms with Crippen LogP contribution >= 0.6 is 11.3 Å². The number of benzene rings is 4. The summed E-state index contributed by atoms with van der Waals surface area (Å²) in [5, 5.41) is 4.06. The summed E-state index contributed by atoms with van der Waals surface area (Å²) >= 11 is 1.84. The van der Waals surface area contributed by atoms with E-state index in [9.17, 15) is 0 Å². The largest absolute Gasteiger partial charge is 0.305 e. The van der Waals surface area contributed by atoms with Gasteiger partial charge in [0.2, 0.25) is 0 Å². The van der Waals surface area contributed by atoms with E-state index in [2.05, 4.69) is 178 Å². The molecule has 0 fully saturated rings. The third-order valence-corrected chi connectivity index (χ3v) is 13.6. The number of aromatic nitrogens is 2. The number of pyridine rings is 2. The Morgan fingerprint density at radius 2 is 1.43 bits per heavy atom. The molecule has 7 aromatic rings. The van der Waals surface area contributed by atoms with Crippen LogP contribution in [0.5, 0.6) is 0 Å². The first-order valence-electron chi connectivity index (χ1n) is 19.0. The normalized spacial score (nSPS) is 12.5. The van der Waals surface area contributed by atoms with Gasteiger partial charge in [-0.3, -0.25) is 0 Å². The summed E-state index contributed by atoms with van der Waals surface area (Å²) in [5.74, 6) is 1.62. The van der Waals surface area contributed by atoms with E-state index in [1.165, 1.54) is 53.2 Å². The molecule has 0 aliphatic carbocycles. The van der Waals surface area contributed by atoms with Crippen molar-refractivity contribution >= 4 is 44.8 Å². The van der Waals surface area contributed by atoms with Crippen LogP contribution in [0.1, 0.15) is 83.9 Å². The van der Waals surface area contributed by atoms with Crippen molar-refractivity contribution in [2.75, 3.05) is 0 Å². The van der Waals surface area contributed by atoms with Crippen molar-refractivity contribution in [2.45, 2.75) is 92.3 Å². The molecule has 0 bridgehead atoms. The van der Waals surface area contributed by atoms with Gasteiger partial charge in [0, 0.05) is 37.2 Å². The fourth-order valence-corrected chi connectivity index (χ4v) is 9.72. The molecule has 3 aromatic heterocycles. The second-order valence-corrected chi connectivity index (χ2v) is 23.2. The van der Waals surface area contributed by atoms with Crippen molar-refractivity contribution in [3.05, 3.63) is 138 Å². The summed E-state index contributed by atoms with van der Waals surface area (Å²) in [7, 11) is -1.38. The van der Waals surface area contributed by atoms with E-state index in [-0.39, 0.29) is 25.5 Å². The summed E-state index contributed by atoms with van der Waals surface area (Å²) in [5.41, 5.74) is 11.0. The van der Waals surface area contributed by atoms with Crippen molar-refractivity contribution in [3.63, 3.8) is 0 Å². The van der Waals surface area contributed by atoms with Gasteiger partial charge in [-0.25, -0.2) is 0 Å². The van der Waals surface area contributed by atoms with Gasteiger partial charge < -0.3 is 9.97 Å². The molecule has 1 atom stereocenters. The Hall–Kier alpha value is -3.73. The minimum absolute atomic E-state index is 0. The molecular weight excluding hydrogens is 869 g/mol. The molecule has 281 valence electrons. The maximum atomic E-state index is 4.79. The number of fused-ring (bicyclic) bond motifs is 3. The van der Waals surface area contributed by atoms with Crippen LogP contribution in [0.3, 0.4) is 0 Å². The number of nitrogens with zero attached hydrogens (tertiary/aromatic N) is 2. The van der Waals surface area contributed by atoms with E-state index in [4.69, 9.17) is 9.97 Å². The van der Waals surface area contributed by atoms with Gasteiger partial charge in [0.15, 0.2) is 0 Å². The Labute approximate surface area is 342 Å². The van der Waals surface area contributed by atoms with Gasteiger partial charge in [0.25, 0.3) is 0 Å². The minimum Gasteiger partial charge on any atom is -0.305 e. The molecule has 5 heteroatoms. The predicted molar refractivity (Wildman–Crippen MR) is 234 cm³/mol. The van der Waals surface area contributed by atoms with E-state index in [0.717, 1.165) is 22.5 Å². The predicted octanol–water partition coefficient (Wildman–Crippen LogP) is 13.9. The van der Waals surface area contributed by atoms with Gasteiger partial charge in [0.05, 0.1) is 8.07 Å². The van der Waals surface area contributed by atoms with Crippen LogP contribution in [0.2, 0.25) is 19.6 Å². The molecule has 1 radical (unpaired) electrons. The van der Waals surface area contributed by atoms with Crippen LogP contribution in [-0.4, -0.2) is 18.0 Å². The van der Waals surface area contributed by atoms with E-state index >= 15 is 0 Å². The Kier molecular flexibility index (Phi) is 13.0. The molecule has 4 aromatic carbocycles. The van der Waals surface area contributed by atoms with Gasteiger partial charge in [-0.1, -0.05) is 146 Å². The van der Waals surface area contributed by atoms with Crippen molar-refractivity contribution in [1.82, 2.24) is 9.97 Å². The maximum absolute atomic E-state index is 4.79. The number of rotatable bonds is 7. The summed E-state index contributed by atoms with van der Waals surface area (Å²) < 4.78 is 2.57. The first-order chi connectivity index (χ1) is 25.1. The van der Waals surface area contributed by atoms with E-state index in [1.807, 2.05) is 29.7 Å². The average molecular weight is 923 g/mol. The van der Waals surface area contributed by atoms with Gasteiger partial charge in [0.1, 0.15) is 0 Å². The van der Waals surface area contributed by atoms with Crippen molar-refractivity contribution in [2.24, 2.45) is 5.92 Å². The molecule has 0 amide bonds. The summed E-state index contributed by atoms with van der Waals surface area (Å²) in [6.07, 6.45) is 4.06. The van der Waals surface area contributed by atoms with Crippen LogP contribution < -0.4 is 5.19 Å². The van der Waals surface area contributed by atoms with Gasteiger partial charge >= 0.3 is 0 Å². The quantitative estimate of drug-likeness (QED) is 0.118. The van der Waals surface area contributed by atoms with Crippen LogP contribution in [0.15, 0.2) is 109 Å². The molecule has 0 saturated carbocycles. The molecule has 0 aliphatic rings. The fourth-order valence-electron chi connectivity index (χ4n) is 6.80. The van der Waals surface area contributed by atoms with Crippen LogP contribution in [0, 0.1) is 18.1 Å². The monoisotopic (exact) mass is 923 g/mol. The second-order valence-electron chi connectivity index (χ2n) is 17.1. The zero-order chi connectivity index (χ0) is 38.1. The van der Waals surface area contributed by atoms with Crippen LogP contribution in [0.25, 0.3) is 53.8 Å². The first-order valence-corrected chi connectivity index (χ1v) is 23.3. The number of hydrogen-bond donors (Lipinski definition) is 0. The minimum atomic E-state index is -1.38. The van der Waals surface area contributed by atoms with Gasteiger partial charge in [-0.05, 0) is 73.1 Å². The van der Waals surface area contributed by atoms with Crippen molar-refractivity contribution < 1.29 is 20.1 Å². The molecular formula is C49H54IrN2SSi-2. The average Bonchev–Trinajstić information content (AvgIpc) is 3.52. The Balaban J connectivity index is 0.000000212. The molecule has 54 heavy (non-hydrogen) atoms. The van der Waals surface area contributed by atoms with Gasteiger partial charge in [-0.2, -0.15) is 11.3 Å². The Morgan fingerprint density at radius 1 is 0.704 bits per heavy atom. The zero-order valence-electron chi connectivity index (χ0n) is 33.8. The molecule has 3 heterocycles. The molecule has 1 unspecified atom stereocenters. The molecule has 2 nitrogen and oxygen atoms in total. The van der Waals surface area contributed by atoms with Crippen molar-refractivity contribution in [3.8, 4) is 33.6 Å². The smallest absolute Gasteiger partial charge is 0.0799 e. The van der Waals surface area contributed by atoms with E-state index in [0.29, 0.717) is 17.8 Å². The van der Waals surface area contributed by atoms with Crippen LogP contribution in [-0.2, 0) is 25.5 Å². The number of hydrogen-bond acceptors (Lipinski definition) is 3. The molecule has 0 N–H and O–H groups in total. The topological polar surface area (TPSA) is 25.8 Å². The Morgan fingerprint density at radius 3 is 2.09 bits per heavy atom. The third kappa shape index (κ3) is 9.20. The third-order valence-electron chi connectivity index (χ3n) is 10.4. The van der Waals surface area contributed by atoms with Gasteiger partial charge in [-0.15, -0.1) is 59.2 Å². The standard InChI is InChI=1S/C28H24NS.C21H30NSi.Ir/c1-18(2)19(3)21-14-15-29-26(16-21)25-11-7-10-24-23-13-12-22(17-27(23)30-28(24)25)20-8-5-4-6-9-20;1-15(2)18-13-19(22-14-20(18)23(6,7)8)16-10-9-11-17(12-16)21(3,4)5;/h4-10,12-19H,1-3H3;9,11-15H,1-8H3;/q2*-1;. The second kappa shape index (κ2) is 17.0. The number of thiophene rings is 1. The van der Waals surface area contributed by atoms with Crippen molar-refractivity contribution in [1.29, 1.82) is 0 Å². The van der Waals surface area contributed by atoms with E-state index < -0.39 is 8.07 Å². The Bertz CT molecular complexity index is 2350. The molecule has 0 spiro atoms. The molecule has 7 rings (SSSR count). The van der Waals surface area contributed by atoms with E-state index in [1.54, 1.807) is 0 Å². The summed E-state index contributed by atoms with van der Waals surface area (Å²) in [6.45, 7) is 25.3. The zero-order valence-corrected chi connectivity index (χ0v) is 38.0. The SMILES string of the molecule is CC(C)C(C)c1ccnc(-c2[c-]ccc3c2sc2cc(-c4ccccc4)ccc23)c1.CC(C)c1cc(-c2[c-]ccc(C(C)(C)C)c2)ncc1[Si](C)(C)C.[Ir]. The molecule has 0 aliphatic heterocycles. The summed E-state index contributed by atoms with van der Waals surface area (Å²) in [4.78, 5) is 9.50. The first kappa shape index (κ1) is 41.4. The van der Waals surface area contributed by atoms with Crippen LogP contribution in [0.4, 0.5) is 0 Å². The fraction of sp³-hybridized carbons (Fsp3) is 0.306.